The van der Waals surface area contributed by atoms with Crippen LogP contribution in [0.2, 0.25) is 0 Å². The molecule has 0 saturated heterocycles. The fraction of sp³-hybridized carbons (Fsp3) is 0. The summed E-state index contributed by atoms with van der Waals surface area (Å²) in [4.78, 5) is 22.9. The molecular weight excluding hydrogens is 258 g/mol. The van der Waals surface area contributed by atoms with E-state index < -0.39 is 11.9 Å². The normalized spacial score (nSPS) is 10.1. The minimum absolute atomic E-state index is 0.273. The number of nitrogens with two attached hydrogens (primary N) is 2. The highest BCUT2D eigenvalue weighted by Crippen LogP contribution is 2.36. The molecule has 0 fully saturated rings. The molecule has 2 aromatic heterocycles. The number of anilines is 1. The molecule has 5 nitrogen and oxygen atoms in total. The van der Waals surface area contributed by atoms with E-state index in [0.29, 0.717) is 5.00 Å². The van der Waals surface area contributed by atoms with Crippen LogP contribution < -0.4 is 16.8 Å². The quantitative estimate of drug-likeness (QED) is 0.793. The van der Waals surface area contributed by atoms with Crippen LogP contribution in [0.15, 0.2) is 22.9 Å². The van der Waals surface area contributed by atoms with Gasteiger partial charge in [0.15, 0.2) is 0 Å². The highest BCUT2D eigenvalue weighted by Gasteiger charge is 2.15. The van der Waals surface area contributed by atoms with Gasteiger partial charge in [-0.15, -0.1) is 11.3 Å². The zero-order chi connectivity index (χ0) is 12.4. The molecule has 7 heteroatoms. The van der Waals surface area contributed by atoms with E-state index >= 15 is 0 Å². The van der Waals surface area contributed by atoms with Gasteiger partial charge in [0.1, 0.15) is 5.00 Å². The van der Waals surface area contributed by atoms with Crippen molar-refractivity contribution in [2.24, 2.45) is 11.5 Å². The Morgan fingerprint density at radius 1 is 1.29 bits per heavy atom. The largest absolute Gasteiger partial charge is 0.366 e. The number of thiophene rings is 2. The second-order valence-electron chi connectivity index (χ2n) is 3.22. The zero-order valence-corrected chi connectivity index (χ0v) is 10.2. The standard InChI is InChI=1S/C10H9N3O2S2/c11-8(14)6-3-7(5-1-2-16-4-5)17-9(6)13-10(12)15/h1-4H,(H2,11,14)(H3,12,13,15). The van der Waals surface area contributed by atoms with Gasteiger partial charge in [-0.3, -0.25) is 10.1 Å². The molecule has 2 heterocycles. The SMILES string of the molecule is NC(=O)Nc1sc(-c2ccsc2)cc1C(N)=O. The van der Waals surface area contributed by atoms with Crippen LogP contribution in [0.4, 0.5) is 9.80 Å². The predicted octanol–water partition coefficient (Wildman–Crippen LogP) is 2.07. The topological polar surface area (TPSA) is 98.2 Å². The third-order valence-electron chi connectivity index (χ3n) is 2.04. The maximum atomic E-state index is 11.2. The van der Waals surface area contributed by atoms with E-state index in [9.17, 15) is 9.59 Å². The highest BCUT2D eigenvalue weighted by atomic mass is 32.1. The molecule has 2 aromatic rings. The Kier molecular flexibility index (Phi) is 3.12. The number of hydrogen-bond acceptors (Lipinski definition) is 4. The van der Waals surface area contributed by atoms with Crippen LogP contribution in [-0.4, -0.2) is 11.9 Å². The number of carbonyl (C=O) groups is 2. The minimum atomic E-state index is -0.716. The van der Waals surface area contributed by atoms with Crippen molar-refractivity contribution in [1.29, 1.82) is 0 Å². The number of nitrogens with one attached hydrogen (secondary N) is 1. The Morgan fingerprint density at radius 3 is 2.59 bits per heavy atom. The molecule has 0 aliphatic carbocycles. The van der Waals surface area contributed by atoms with Crippen molar-refractivity contribution in [2.75, 3.05) is 5.32 Å². The molecule has 0 atom stereocenters. The number of primary amides is 2. The molecule has 0 unspecified atom stereocenters. The number of rotatable bonds is 3. The Morgan fingerprint density at radius 2 is 2.06 bits per heavy atom. The number of amides is 3. The molecule has 0 aliphatic rings. The van der Waals surface area contributed by atoms with Gasteiger partial charge in [-0.2, -0.15) is 11.3 Å². The van der Waals surface area contributed by atoms with Gasteiger partial charge in [-0.05, 0) is 22.9 Å². The predicted molar refractivity (Wildman–Crippen MR) is 69.4 cm³/mol. The van der Waals surface area contributed by atoms with Gasteiger partial charge >= 0.3 is 6.03 Å². The summed E-state index contributed by atoms with van der Waals surface area (Å²) < 4.78 is 0. The highest BCUT2D eigenvalue weighted by molar-refractivity contribution is 7.20. The third-order valence-corrected chi connectivity index (χ3v) is 3.82. The van der Waals surface area contributed by atoms with E-state index in [2.05, 4.69) is 5.32 Å². The van der Waals surface area contributed by atoms with Gasteiger partial charge in [0.05, 0.1) is 5.56 Å². The molecule has 2 rings (SSSR count). The summed E-state index contributed by atoms with van der Waals surface area (Å²) >= 11 is 2.82. The van der Waals surface area contributed by atoms with Gasteiger partial charge in [0, 0.05) is 10.4 Å². The molecular formula is C10H9N3O2S2. The summed E-state index contributed by atoms with van der Waals surface area (Å²) in [5.74, 6) is -0.591. The van der Waals surface area contributed by atoms with Crippen molar-refractivity contribution >= 4 is 39.6 Å². The summed E-state index contributed by atoms with van der Waals surface area (Å²) in [6.07, 6.45) is 0. The molecule has 88 valence electrons. The average molecular weight is 267 g/mol. The van der Waals surface area contributed by atoms with E-state index in [4.69, 9.17) is 11.5 Å². The molecule has 0 bridgehead atoms. The van der Waals surface area contributed by atoms with Crippen molar-refractivity contribution in [2.45, 2.75) is 0 Å². The first kappa shape index (κ1) is 11.6. The number of urea groups is 1. The number of hydrogen-bond donors (Lipinski definition) is 3. The first-order valence-corrected chi connectivity index (χ1v) is 6.36. The first-order chi connectivity index (χ1) is 8.08. The lowest BCUT2D eigenvalue weighted by atomic mass is 10.2. The Balaban J connectivity index is 2.44. The van der Waals surface area contributed by atoms with E-state index in [1.165, 1.54) is 11.3 Å². The molecule has 0 aromatic carbocycles. The first-order valence-electron chi connectivity index (χ1n) is 4.60. The second-order valence-corrected chi connectivity index (χ2v) is 5.05. The molecule has 0 spiro atoms. The molecule has 0 radical (unpaired) electrons. The van der Waals surface area contributed by atoms with Crippen LogP contribution in [0.25, 0.3) is 10.4 Å². The summed E-state index contributed by atoms with van der Waals surface area (Å²) in [5, 5.41) is 6.66. The van der Waals surface area contributed by atoms with Crippen molar-refractivity contribution in [1.82, 2.24) is 0 Å². The van der Waals surface area contributed by atoms with Crippen molar-refractivity contribution in [3.63, 3.8) is 0 Å². The average Bonchev–Trinajstić information content (AvgIpc) is 2.82. The van der Waals surface area contributed by atoms with Crippen LogP contribution in [0.3, 0.4) is 0 Å². The summed E-state index contributed by atoms with van der Waals surface area (Å²) in [6, 6.07) is 2.86. The minimum Gasteiger partial charge on any atom is -0.366 e. The van der Waals surface area contributed by atoms with Crippen molar-refractivity contribution in [3.05, 3.63) is 28.5 Å². The fourth-order valence-corrected chi connectivity index (χ4v) is 3.12. The monoisotopic (exact) mass is 267 g/mol. The van der Waals surface area contributed by atoms with Gasteiger partial charge in [-0.25, -0.2) is 4.79 Å². The molecule has 0 aliphatic heterocycles. The van der Waals surface area contributed by atoms with E-state index in [1.807, 2.05) is 16.8 Å². The summed E-state index contributed by atoms with van der Waals surface area (Å²) in [7, 11) is 0. The van der Waals surface area contributed by atoms with E-state index in [0.717, 1.165) is 10.4 Å². The van der Waals surface area contributed by atoms with Crippen LogP contribution in [0.5, 0.6) is 0 Å². The van der Waals surface area contributed by atoms with Gasteiger partial charge in [0.25, 0.3) is 5.91 Å². The van der Waals surface area contributed by atoms with Gasteiger partial charge in [0.2, 0.25) is 0 Å². The lowest BCUT2D eigenvalue weighted by Crippen LogP contribution is -2.21. The fourth-order valence-electron chi connectivity index (χ4n) is 1.33. The molecule has 5 N–H and O–H groups in total. The summed E-state index contributed by atoms with van der Waals surface area (Å²) in [5.41, 5.74) is 11.5. The van der Waals surface area contributed by atoms with Gasteiger partial charge < -0.3 is 11.5 Å². The lowest BCUT2D eigenvalue weighted by molar-refractivity contribution is 0.100. The molecule has 0 saturated carbocycles. The lowest BCUT2D eigenvalue weighted by Gasteiger charge is -1.98. The zero-order valence-electron chi connectivity index (χ0n) is 8.60. The number of carbonyl (C=O) groups excluding carboxylic acids is 2. The third kappa shape index (κ3) is 2.45. The maximum Gasteiger partial charge on any atom is 0.317 e. The van der Waals surface area contributed by atoms with E-state index in [1.54, 1.807) is 17.4 Å². The maximum absolute atomic E-state index is 11.2. The van der Waals surface area contributed by atoms with Gasteiger partial charge in [-0.1, -0.05) is 0 Å². The molecule has 3 amide bonds. The Labute approximate surface area is 105 Å². The Bertz CT molecular complexity index is 560. The van der Waals surface area contributed by atoms with Crippen LogP contribution >= 0.6 is 22.7 Å². The smallest absolute Gasteiger partial charge is 0.317 e. The van der Waals surface area contributed by atoms with Crippen molar-refractivity contribution in [3.8, 4) is 10.4 Å². The van der Waals surface area contributed by atoms with Crippen molar-refractivity contribution < 1.29 is 9.59 Å². The van der Waals surface area contributed by atoms with Crippen LogP contribution in [-0.2, 0) is 0 Å². The second kappa shape index (κ2) is 4.56. The van der Waals surface area contributed by atoms with Crippen LogP contribution in [0, 0.1) is 0 Å². The van der Waals surface area contributed by atoms with E-state index in [-0.39, 0.29) is 5.56 Å². The molecule has 17 heavy (non-hydrogen) atoms. The summed E-state index contributed by atoms with van der Waals surface area (Å²) in [6.45, 7) is 0. The van der Waals surface area contributed by atoms with Crippen LogP contribution in [0.1, 0.15) is 10.4 Å². The Hall–Kier alpha value is -1.86.